The molecule has 6 heteroatoms. The van der Waals surface area contributed by atoms with E-state index < -0.39 is 5.91 Å². The Morgan fingerprint density at radius 3 is 2.97 bits per heavy atom. The highest BCUT2D eigenvalue weighted by molar-refractivity contribution is 5.90. The molecule has 6 nitrogen and oxygen atoms in total. The second-order valence-corrected chi connectivity index (χ2v) is 8.48. The van der Waals surface area contributed by atoms with Crippen molar-refractivity contribution in [2.75, 3.05) is 6.54 Å². The van der Waals surface area contributed by atoms with E-state index in [1.54, 1.807) is 17.8 Å². The van der Waals surface area contributed by atoms with Crippen LogP contribution in [0.5, 0.6) is 0 Å². The molecule has 0 aliphatic heterocycles. The van der Waals surface area contributed by atoms with Gasteiger partial charge in [0.1, 0.15) is 5.76 Å². The molecule has 0 radical (unpaired) electrons. The number of hydroxylamine groups is 1. The summed E-state index contributed by atoms with van der Waals surface area (Å²) in [4.78, 5) is 17.2. The number of carbonyl (C=O) groups is 1. The molecular formula is C27H27N3O3. The van der Waals surface area contributed by atoms with Gasteiger partial charge in [0.2, 0.25) is 0 Å². The number of carbonyl (C=O) groups excluding carboxylic acids is 1. The summed E-state index contributed by atoms with van der Waals surface area (Å²) >= 11 is 0. The zero-order chi connectivity index (χ0) is 22.6. The number of nitrogens with one attached hydrogen (secondary N) is 2. The van der Waals surface area contributed by atoms with E-state index in [2.05, 4.69) is 52.5 Å². The third-order valence-corrected chi connectivity index (χ3v) is 6.47. The van der Waals surface area contributed by atoms with Crippen molar-refractivity contribution in [2.24, 2.45) is 0 Å². The number of hydrogen-bond donors (Lipinski definition) is 3. The molecule has 5 rings (SSSR count). The Hall–Kier alpha value is -3.61. The maximum Gasteiger partial charge on any atom is 0.267 e. The van der Waals surface area contributed by atoms with Crippen LogP contribution in [0.1, 0.15) is 40.5 Å². The SMILES string of the molecule is O=C(/C=C/c1ccc2c(c1)CCC2N(CCc1c[nH]c2ccccc12)Cc1ccco1)NO. The number of furan rings is 1. The van der Waals surface area contributed by atoms with Crippen LogP contribution >= 0.6 is 0 Å². The largest absolute Gasteiger partial charge is 0.468 e. The predicted octanol–water partition coefficient (Wildman–Crippen LogP) is 5.01. The monoisotopic (exact) mass is 441 g/mol. The molecule has 2 aromatic heterocycles. The van der Waals surface area contributed by atoms with Crippen LogP contribution in [0.25, 0.3) is 17.0 Å². The first-order valence-corrected chi connectivity index (χ1v) is 11.3. The van der Waals surface area contributed by atoms with Crippen LogP contribution in [0.2, 0.25) is 0 Å². The lowest BCUT2D eigenvalue weighted by Crippen LogP contribution is -2.29. The quantitative estimate of drug-likeness (QED) is 0.204. The van der Waals surface area contributed by atoms with Crippen LogP contribution in [0.3, 0.4) is 0 Å². The molecule has 2 heterocycles. The summed E-state index contributed by atoms with van der Waals surface area (Å²) in [5.74, 6) is 0.437. The number of benzene rings is 2. The topological polar surface area (TPSA) is 81.5 Å². The van der Waals surface area contributed by atoms with Crippen molar-refractivity contribution in [2.45, 2.75) is 31.8 Å². The van der Waals surface area contributed by atoms with Gasteiger partial charge in [-0.05, 0) is 65.8 Å². The zero-order valence-corrected chi connectivity index (χ0v) is 18.3. The second-order valence-electron chi connectivity index (χ2n) is 8.48. The van der Waals surface area contributed by atoms with Crippen LogP contribution in [0.4, 0.5) is 0 Å². The molecule has 0 fully saturated rings. The summed E-state index contributed by atoms with van der Waals surface area (Å²) in [7, 11) is 0. The van der Waals surface area contributed by atoms with Crippen LogP contribution in [-0.2, 0) is 24.2 Å². The lowest BCUT2D eigenvalue weighted by atomic mass is 10.0. The predicted molar refractivity (Wildman–Crippen MR) is 128 cm³/mol. The highest BCUT2D eigenvalue weighted by atomic mass is 16.5. The summed E-state index contributed by atoms with van der Waals surface area (Å²) in [6.07, 6.45) is 9.91. The lowest BCUT2D eigenvalue weighted by Gasteiger charge is -2.29. The van der Waals surface area contributed by atoms with Gasteiger partial charge in [-0.25, -0.2) is 5.48 Å². The van der Waals surface area contributed by atoms with E-state index in [1.165, 1.54) is 33.7 Å². The number of amides is 1. The van der Waals surface area contributed by atoms with Crippen molar-refractivity contribution in [1.29, 1.82) is 0 Å². The van der Waals surface area contributed by atoms with Gasteiger partial charge in [0, 0.05) is 35.8 Å². The molecule has 1 unspecified atom stereocenters. The number of rotatable bonds is 8. The number of aromatic amines is 1. The number of H-pyrrole nitrogens is 1. The van der Waals surface area contributed by atoms with Gasteiger partial charge in [0.15, 0.2) is 0 Å². The van der Waals surface area contributed by atoms with Crippen molar-refractivity contribution in [3.8, 4) is 0 Å². The Morgan fingerprint density at radius 2 is 2.12 bits per heavy atom. The molecule has 0 saturated heterocycles. The third kappa shape index (κ3) is 4.62. The minimum Gasteiger partial charge on any atom is -0.468 e. The van der Waals surface area contributed by atoms with Gasteiger partial charge in [0.05, 0.1) is 12.8 Å². The van der Waals surface area contributed by atoms with E-state index in [0.29, 0.717) is 6.04 Å². The standard InChI is InChI=1S/C27H27N3O3/c31-27(29-32)12-8-19-7-10-24-20(16-19)9-11-26(24)30(18-22-4-3-15-33-22)14-13-21-17-28-25-6-2-1-5-23(21)25/h1-8,10,12,15-17,26,28,32H,9,11,13-14,18H2,(H,29,31)/b12-8+. The average molecular weight is 442 g/mol. The summed E-state index contributed by atoms with van der Waals surface area (Å²) in [6, 6.07) is 19.1. The maximum absolute atomic E-state index is 11.3. The highest BCUT2D eigenvalue weighted by Crippen LogP contribution is 2.37. The van der Waals surface area contributed by atoms with Gasteiger partial charge in [0.25, 0.3) is 5.91 Å². The van der Waals surface area contributed by atoms with Crippen molar-refractivity contribution in [1.82, 2.24) is 15.4 Å². The molecule has 0 spiro atoms. The van der Waals surface area contributed by atoms with Crippen molar-refractivity contribution in [3.05, 3.63) is 101 Å². The molecule has 0 bridgehead atoms. The van der Waals surface area contributed by atoms with E-state index in [4.69, 9.17) is 9.62 Å². The first kappa shape index (κ1) is 21.2. The van der Waals surface area contributed by atoms with Crippen LogP contribution in [0, 0.1) is 0 Å². The summed E-state index contributed by atoms with van der Waals surface area (Å²) in [5, 5.41) is 9.96. The first-order valence-electron chi connectivity index (χ1n) is 11.3. The summed E-state index contributed by atoms with van der Waals surface area (Å²) in [6.45, 7) is 1.68. The first-order chi connectivity index (χ1) is 16.2. The molecule has 1 aliphatic carbocycles. The van der Waals surface area contributed by atoms with Gasteiger partial charge in [-0.15, -0.1) is 0 Å². The second kappa shape index (κ2) is 9.48. The minimum atomic E-state index is -0.532. The van der Waals surface area contributed by atoms with Crippen LogP contribution in [0.15, 0.2) is 77.6 Å². The average Bonchev–Trinajstić information content (AvgIpc) is 3.60. The normalized spacial score (nSPS) is 15.5. The van der Waals surface area contributed by atoms with Gasteiger partial charge in [-0.3, -0.25) is 14.9 Å². The fourth-order valence-corrected chi connectivity index (χ4v) is 4.86. The Balaban J connectivity index is 1.37. The minimum absolute atomic E-state index is 0.314. The van der Waals surface area contributed by atoms with Gasteiger partial charge >= 0.3 is 0 Å². The Morgan fingerprint density at radius 1 is 1.21 bits per heavy atom. The van der Waals surface area contributed by atoms with Gasteiger partial charge in [-0.1, -0.05) is 36.4 Å². The molecule has 4 aromatic rings. The van der Waals surface area contributed by atoms with E-state index >= 15 is 0 Å². The highest BCUT2D eigenvalue weighted by Gasteiger charge is 2.28. The molecule has 33 heavy (non-hydrogen) atoms. The van der Waals surface area contributed by atoms with Crippen molar-refractivity contribution < 1.29 is 14.4 Å². The molecule has 1 amide bonds. The van der Waals surface area contributed by atoms with E-state index in [-0.39, 0.29) is 0 Å². The third-order valence-electron chi connectivity index (χ3n) is 6.47. The number of hydrogen-bond acceptors (Lipinski definition) is 4. The van der Waals surface area contributed by atoms with Crippen molar-refractivity contribution >= 4 is 22.9 Å². The van der Waals surface area contributed by atoms with E-state index in [1.807, 2.05) is 18.2 Å². The molecule has 2 aromatic carbocycles. The fourth-order valence-electron chi connectivity index (χ4n) is 4.86. The summed E-state index contributed by atoms with van der Waals surface area (Å²) in [5.41, 5.74) is 7.72. The smallest absolute Gasteiger partial charge is 0.267 e. The lowest BCUT2D eigenvalue weighted by molar-refractivity contribution is -0.124. The molecular weight excluding hydrogens is 414 g/mol. The molecule has 3 N–H and O–H groups in total. The maximum atomic E-state index is 11.3. The Bertz CT molecular complexity index is 1270. The molecule has 1 atom stereocenters. The Labute approximate surface area is 192 Å². The number of fused-ring (bicyclic) bond motifs is 2. The van der Waals surface area contributed by atoms with Crippen LogP contribution in [-0.4, -0.2) is 27.5 Å². The Kier molecular flexibility index (Phi) is 6.11. The summed E-state index contributed by atoms with van der Waals surface area (Å²) < 4.78 is 5.69. The number of nitrogens with zero attached hydrogens (tertiary/aromatic N) is 1. The molecule has 1 aliphatic rings. The van der Waals surface area contributed by atoms with E-state index in [9.17, 15) is 4.79 Å². The number of aromatic nitrogens is 1. The van der Waals surface area contributed by atoms with Gasteiger partial charge < -0.3 is 9.40 Å². The molecule has 168 valence electrons. The van der Waals surface area contributed by atoms with Crippen LogP contribution < -0.4 is 5.48 Å². The fraction of sp³-hybridized carbons (Fsp3) is 0.222. The van der Waals surface area contributed by atoms with E-state index in [0.717, 1.165) is 43.7 Å². The zero-order valence-electron chi connectivity index (χ0n) is 18.3. The number of aryl methyl sites for hydroxylation is 1. The number of para-hydroxylation sites is 1. The van der Waals surface area contributed by atoms with Crippen molar-refractivity contribution in [3.63, 3.8) is 0 Å². The van der Waals surface area contributed by atoms with Gasteiger partial charge in [-0.2, -0.15) is 0 Å². The molecule has 0 saturated carbocycles.